The molecule has 6 heteroatoms. The van der Waals surface area contributed by atoms with E-state index < -0.39 is 0 Å². The van der Waals surface area contributed by atoms with E-state index in [4.69, 9.17) is 16.1 Å². The first-order chi connectivity index (χ1) is 11.7. The molecule has 2 aromatic heterocycles. The third-order valence-electron chi connectivity index (χ3n) is 4.46. The lowest BCUT2D eigenvalue weighted by molar-refractivity contribution is 0.186. The number of imidazole rings is 1. The molecule has 128 valence electrons. The Morgan fingerprint density at radius 2 is 2.00 bits per heavy atom. The molecule has 0 atom stereocenters. The summed E-state index contributed by atoms with van der Waals surface area (Å²) in [6.45, 7) is 3.68. The molecule has 4 N–H and O–H groups in total. The van der Waals surface area contributed by atoms with E-state index in [1.54, 1.807) is 0 Å². The van der Waals surface area contributed by atoms with Crippen molar-refractivity contribution in [3.05, 3.63) is 35.6 Å². The number of pyridine rings is 1. The van der Waals surface area contributed by atoms with Gasteiger partial charge in [0.2, 0.25) is 0 Å². The molecule has 0 aliphatic heterocycles. The van der Waals surface area contributed by atoms with Gasteiger partial charge in [-0.3, -0.25) is 5.41 Å². The van der Waals surface area contributed by atoms with Crippen molar-refractivity contribution in [3.8, 4) is 0 Å². The second-order valence-electron chi connectivity index (χ2n) is 6.15. The third-order valence-corrected chi connectivity index (χ3v) is 4.46. The Morgan fingerprint density at radius 1 is 1.21 bits per heavy atom. The third kappa shape index (κ3) is 2.78. The minimum absolute atomic E-state index is 0.0408. The molecule has 0 unspecified atom stereocenters. The topological polar surface area (TPSA) is 92.9 Å². The van der Waals surface area contributed by atoms with E-state index in [1.807, 2.05) is 24.3 Å². The molecule has 0 radical (unpaired) electrons. The molecule has 0 saturated heterocycles. The van der Waals surface area contributed by atoms with Crippen LogP contribution in [-0.2, 0) is 13.0 Å². The van der Waals surface area contributed by atoms with E-state index >= 15 is 0 Å². The summed E-state index contributed by atoms with van der Waals surface area (Å²) in [5.41, 5.74) is 7.83. The number of nitrogens with zero attached hydrogens (tertiary/aromatic N) is 3. The van der Waals surface area contributed by atoms with Gasteiger partial charge in [-0.25, -0.2) is 4.98 Å². The fourth-order valence-electron chi connectivity index (χ4n) is 3.20. The number of nitrogens with one attached hydrogen (secondary N) is 1. The van der Waals surface area contributed by atoms with Gasteiger partial charge in [-0.05, 0) is 31.9 Å². The normalized spacial score (nSPS) is 11.6. The van der Waals surface area contributed by atoms with Crippen molar-refractivity contribution in [3.63, 3.8) is 0 Å². The van der Waals surface area contributed by atoms with Gasteiger partial charge in [0.05, 0.1) is 11.0 Å². The molecule has 0 spiro atoms. The summed E-state index contributed by atoms with van der Waals surface area (Å²) in [6.07, 6.45) is 4.99. The molecule has 6 nitrogen and oxygen atoms in total. The Labute approximate surface area is 141 Å². The fraction of sp³-hybridized carbons (Fsp3) is 0.444. The number of nitrogens with two attached hydrogens (primary N) is 1. The van der Waals surface area contributed by atoms with Gasteiger partial charge in [-0.2, -0.15) is 4.73 Å². The zero-order chi connectivity index (χ0) is 17.1. The molecule has 0 aliphatic carbocycles. The van der Waals surface area contributed by atoms with Gasteiger partial charge >= 0.3 is 0 Å². The first kappa shape index (κ1) is 16.5. The molecule has 1 aromatic carbocycles. The number of rotatable bonds is 7. The van der Waals surface area contributed by atoms with Crippen LogP contribution < -0.4 is 11.2 Å². The van der Waals surface area contributed by atoms with Crippen molar-refractivity contribution in [2.24, 2.45) is 5.73 Å². The van der Waals surface area contributed by atoms with Crippen LogP contribution in [0.5, 0.6) is 0 Å². The highest BCUT2D eigenvalue weighted by atomic mass is 16.5. The summed E-state index contributed by atoms with van der Waals surface area (Å²) in [6, 6.07) is 7.63. The molecule has 3 rings (SSSR count). The predicted molar refractivity (Wildman–Crippen MR) is 95.2 cm³/mol. The first-order valence-electron chi connectivity index (χ1n) is 8.65. The number of para-hydroxylation sites is 1. The molecule has 3 aromatic rings. The lowest BCUT2D eigenvalue weighted by atomic mass is 10.2. The van der Waals surface area contributed by atoms with E-state index in [0.717, 1.165) is 60.1 Å². The van der Waals surface area contributed by atoms with Crippen LogP contribution in [-0.4, -0.2) is 26.0 Å². The number of aromatic nitrogens is 3. The van der Waals surface area contributed by atoms with Crippen LogP contribution in [0.25, 0.3) is 21.9 Å². The highest BCUT2D eigenvalue weighted by molar-refractivity contribution is 6.02. The van der Waals surface area contributed by atoms with Gasteiger partial charge in [0.1, 0.15) is 11.3 Å². The SMILES string of the molecule is CCCCc1nc2c(=N)n(O)c3ccccc3c2n1CCCCN. The number of benzene rings is 1. The van der Waals surface area contributed by atoms with Crippen LogP contribution in [0.15, 0.2) is 24.3 Å². The number of unbranched alkanes of at least 4 members (excludes halogenated alkanes) is 2. The molecule has 0 fully saturated rings. The maximum Gasteiger partial charge on any atom is 0.189 e. The molecular weight excluding hydrogens is 302 g/mol. The monoisotopic (exact) mass is 327 g/mol. The van der Waals surface area contributed by atoms with Crippen LogP contribution in [0.3, 0.4) is 0 Å². The molecule has 0 bridgehead atoms. The average molecular weight is 327 g/mol. The molecule has 0 amide bonds. The van der Waals surface area contributed by atoms with Crippen molar-refractivity contribution < 1.29 is 5.21 Å². The summed E-state index contributed by atoms with van der Waals surface area (Å²) in [7, 11) is 0. The fourth-order valence-corrected chi connectivity index (χ4v) is 3.20. The van der Waals surface area contributed by atoms with Gasteiger partial charge in [0.15, 0.2) is 5.49 Å². The second-order valence-corrected chi connectivity index (χ2v) is 6.15. The minimum Gasteiger partial charge on any atom is -0.426 e. The molecular formula is C18H25N5O. The van der Waals surface area contributed by atoms with Crippen LogP contribution in [0.4, 0.5) is 0 Å². The first-order valence-corrected chi connectivity index (χ1v) is 8.65. The maximum absolute atomic E-state index is 10.3. The smallest absolute Gasteiger partial charge is 0.189 e. The van der Waals surface area contributed by atoms with E-state index in [2.05, 4.69) is 11.5 Å². The number of hydrogen-bond donors (Lipinski definition) is 3. The summed E-state index contributed by atoms with van der Waals surface area (Å²) in [4.78, 5) is 4.70. The average Bonchev–Trinajstić information content (AvgIpc) is 2.97. The van der Waals surface area contributed by atoms with E-state index in [-0.39, 0.29) is 5.49 Å². The zero-order valence-corrected chi connectivity index (χ0v) is 14.1. The lowest BCUT2D eigenvalue weighted by Gasteiger charge is -2.11. The Bertz CT molecular complexity index is 909. The van der Waals surface area contributed by atoms with Crippen molar-refractivity contribution in [1.29, 1.82) is 5.41 Å². The van der Waals surface area contributed by atoms with Crippen molar-refractivity contribution >= 4 is 21.9 Å². The van der Waals surface area contributed by atoms with Gasteiger partial charge in [-0.15, -0.1) is 0 Å². The highest BCUT2D eigenvalue weighted by Gasteiger charge is 2.17. The van der Waals surface area contributed by atoms with Gasteiger partial charge in [-0.1, -0.05) is 31.5 Å². The maximum atomic E-state index is 10.3. The van der Waals surface area contributed by atoms with Crippen LogP contribution in [0, 0.1) is 5.41 Å². The molecule has 0 saturated carbocycles. The Kier molecular flexibility index (Phi) is 4.85. The van der Waals surface area contributed by atoms with Crippen molar-refractivity contribution in [1.82, 2.24) is 14.3 Å². The van der Waals surface area contributed by atoms with Crippen molar-refractivity contribution in [2.75, 3.05) is 6.54 Å². The largest absolute Gasteiger partial charge is 0.426 e. The Morgan fingerprint density at radius 3 is 2.75 bits per heavy atom. The van der Waals surface area contributed by atoms with Crippen LogP contribution in [0.1, 0.15) is 38.4 Å². The molecule has 24 heavy (non-hydrogen) atoms. The van der Waals surface area contributed by atoms with Crippen LogP contribution in [0.2, 0.25) is 0 Å². The number of hydrogen-bond acceptors (Lipinski definition) is 4. The quantitative estimate of drug-likeness (QED) is 0.460. The predicted octanol–water partition coefficient (Wildman–Crippen LogP) is 2.79. The summed E-state index contributed by atoms with van der Waals surface area (Å²) in [5.74, 6) is 0.994. The van der Waals surface area contributed by atoms with E-state index in [9.17, 15) is 5.21 Å². The van der Waals surface area contributed by atoms with Crippen LogP contribution >= 0.6 is 0 Å². The van der Waals surface area contributed by atoms with Gasteiger partial charge < -0.3 is 15.5 Å². The molecule has 2 heterocycles. The highest BCUT2D eigenvalue weighted by Crippen LogP contribution is 2.24. The van der Waals surface area contributed by atoms with E-state index in [0.29, 0.717) is 17.6 Å². The lowest BCUT2D eigenvalue weighted by Crippen LogP contribution is -2.19. The molecule has 0 aliphatic rings. The summed E-state index contributed by atoms with van der Waals surface area (Å²) >= 11 is 0. The van der Waals surface area contributed by atoms with Gasteiger partial charge in [0, 0.05) is 18.4 Å². The number of fused-ring (bicyclic) bond motifs is 3. The summed E-state index contributed by atoms with van der Waals surface area (Å²) < 4.78 is 3.15. The van der Waals surface area contributed by atoms with Crippen molar-refractivity contribution in [2.45, 2.75) is 45.6 Å². The number of aryl methyl sites for hydroxylation is 2. The van der Waals surface area contributed by atoms with E-state index in [1.165, 1.54) is 0 Å². The van der Waals surface area contributed by atoms with Gasteiger partial charge in [0.25, 0.3) is 0 Å². The Hall–Kier alpha value is -2.34. The standard InChI is InChI=1S/C18H25N5O/c1-2-3-10-15-21-16-17(22(15)12-7-6-11-19)13-8-4-5-9-14(13)23(24)18(16)20/h4-5,8-9,20,24H,2-3,6-7,10-12,19H2,1H3. The minimum atomic E-state index is 0.0408. The summed E-state index contributed by atoms with van der Waals surface area (Å²) in [5, 5.41) is 19.5. The zero-order valence-electron chi connectivity index (χ0n) is 14.1. The Balaban J connectivity index is 2.28. The second kappa shape index (κ2) is 7.05.